The van der Waals surface area contributed by atoms with Gasteiger partial charge in [-0.1, -0.05) is 12.1 Å². The fourth-order valence-corrected chi connectivity index (χ4v) is 5.02. The number of morpholine rings is 1. The van der Waals surface area contributed by atoms with Gasteiger partial charge >= 0.3 is 0 Å². The number of imidazole rings is 1. The summed E-state index contributed by atoms with van der Waals surface area (Å²) in [7, 11) is 1.60. The Balaban J connectivity index is 1.40. The first-order chi connectivity index (χ1) is 19.9. The van der Waals surface area contributed by atoms with E-state index in [4.69, 9.17) is 25.3 Å². The van der Waals surface area contributed by atoms with E-state index in [9.17, 15) is 13.6 Å². The van der Waals surface area contributed by atoms with Crippen molar-refractivity contribution >= 4 is 34.4 Å². The zero-order valence-electron chi connectivity index (χ0n) is 22.6. The van der Waals surface area contributed by atoms with Crippen LogP contribution >= 0.6 is 0 Å². The molecule has 1 aliphatic carbocycles. The van der Waals surface area contributed by atoms with Crippen molar-refractivity contribution in [3.8, 4) is 5.75 Å². The number of nitrogens with zero attached hydrogens (tertiary/aromatic N) is 5. The molecule has 41 heavy (non-hydrogen) atoms. The first-order valence-corrected chi connectivity index (χ1v) is 13.5. The summed E-state index contributed by atoms with van der Waals surface area (Å²) in [5, 5.41) is 7.42. The molecule has 2 fully saturated rings. The maximum Gasteiger partial charge on any atom is 0.244 e. The number of aromatic nitrogens is 3. The lowest BCUT2D eigenvalue weighted by molar-refractivity contribution is -0.115. The molecule has 0 radical (unpaired) electrons. The van der Waals surface area contributed by atoms with Crippen LogP contribution in [-0.4, -0.2) is 60.5 Å². The summed E-state index contributed by atoms with van der Waals surface area (Å²) in [6.45, 7) is 2.69. The van der Waals surface area contributed by atoms with Crippen LogP contribution in [0.1, 0.15) is 30.0 Å². The molecule has 1 amide bonds. The summed E-state index contributed by atoms with van der Waals surface area (Å²) >= 11 is 0. The van der Waals surface area contributed by atoms with Crippen LogP contribution in [0, 0.1) is 11.6 Å². The number of amides is 1. The molecular weight excluding hydrogens is 532 g/mol. The first-order valence-electron chi connectivity index (χ1n) is 13.5. The van der Waals surface area contributed by atoms with Crippen LogP contribution in [-0.2, 0) is 16.1 Å². The van der Waals surface area contributed by atoms with Crippen LogP contribution in [0.4, 0.5) is 31.7 Å². The quantitative estimate of drug-likeness (QED) is 0.295. The molecule has 1 saturated carbocycles. The van der Waals surface area contributed by atoms with E-state index in [0.717, 1.165) is 36.0 Å². The Labute approximate surface area is 235 Å². The number of anilines is 4. The molecule has 0 bridgehead atoms. The van der Waals surface area contributed by atoms with Crippen LogP contribution in [0.5, 0.6) is 5.75 Å². The van der Waals surface area contributed by atoms with E-state index in [2.05, 4.69) is 10.2 Å². The van der Waals surface area contributed by atoms with Crippen LogP contribution in [0.25, 0.3) is 5.65 Å². The number of hydrogen-bond acceptors (Lipinski definition) is 8. The number of nitrogen functional groups attached to an aromatic ring is 1. The molecule has 0 spiro atoms. The van der Waals surface area contributed by atoms with Gasteiger partial charge < -0.3 is 30.3 Å². The average Bonchev–Trinajstić information content (AvgIpc) is 3.75. The van der Waals surface area contributed by atoms with Gasteiger partial charge in [-0.15, -0.1) is 5.10 Å². The largest absolute Gasteiger partial charge is 0.497 e. The molecule has 3 N–H and O–H groups in total. The van der Waals surface area contributed by atoms with E-state index < -0.39 is 17.5 Å². The molecule has 2 aromatic carbocycles. The van der Waals surface area contributed by atoms with Gasteiger partial charge in [0.1, 0.15) is 11.4 Å². The third-order valence-electron chi connectivity index (χ3n) is 7.39. The van der Waals surface area contributed by atoms with Crippen LogP contribution < -0.4 is 25.6 Å². The third-order valence-corrected chi connectivity index (χ3v) is 7.39. The first kappa shape index (κ1) is 26.8. The topological polar surface area (TPSA) is 110 Å². The minimum atomic E-state index is -1.21. The van der Waals surface area contributed by atoms with Gasteiger partial charge in [0.15, 0.2) is 23.1 Å². The summed E-state index contributed by atoms with van der Waals surface area (Å²) in [6.07, 6.45) is 4.00. The van der Waals surface area contributed by atoms with Crippen molar-refractivity contribution in [2.45, 2.75) is 25.3 Å². The number of carbonyl (C=O) groups excluding carboxylic acids is 1. The maximum absolute atomic E-state index is 14.5. The fourth-order valence-electron chi connectivity index (χ4n) is 5.02. The number of nitrogens with two attached hydrogens (primary N) is 1. The Morgan fingerprint density at radius 1 is 1.17 bits per heavy atom. The minimum Gasteiger partial charge on any atom is -0.497 e. The number of methoxy groups -OCH3 is 1. The minimum absolute atomic E-state index is 0.0674. The second kappa shape index (κ2) is 11.2. The normalized spacial score (nSPS) is 15.2. The van der Waals surface area contributed by atoms with Gasteiger partial charge in [-0.3, -0.25) is 4.79 Å². The molecule has 1 saturated heterocycles. The number of ether oxygens (including phenoxy) is 2. The zero-order valence-corrected chi connectivity index (χ0v) is 22.6. The number of rotatable bonds is 9. The van der Waals surface area contributed by atoms with Gasteiger partial charge in [0.05, 0.1) is 50.1 Å². The molecule has 1 aliphatic heterocycles. The maximum atomic E-state index is 14.5. The third kappa shape index (κ3) is 5.60. The number of carbonyl (C=O) groups is 1. The highest BCUT2D eigenvalue weighted by atomic mass is 19.2. The molecule has 4 aromatic rings. The second-order valence-corrected chi connectivity index (χ2v) is 10.3. The Kier molecular flexibility index (Phi) is 7.31. The van der Waals surface area contributed by atoms with E-state index >= 15 is 0 Å². The lowest BCUT2D eigenvalue weighted by Gasteiger charge is -2.30. The van der Waals surface area contributed by atoms with Crippen molar-refractivity contribution in [2.24, 2.45) is 0 Å². The number of halogens is 2. The van der Waals surface area contributed by atoms with Crippen molar-refractivity contribution < 1.29 is 23.0 Å². The predicted octanol–water partition coefficient (Wildman–Crippen LogP) is 3.96. The predicted molar refractivity (Wildman–Crippen MR) is 151 cm³/mol. The highest BCUT2D eigenvalue weighted by molar-refractivity contribution is 5.97. The van der Waals surface area contributed by atoms with Gasteiger partial charge in [-0.05, 0) is 42.7 Å². The van der Waals surface area contributed by atoms with E-state index in [-0.39, 0.29) is 17.9 Å². The number of fused-ring (bicyclic) bond motifs is 1. The molecule has 2 aliphatic rings. The van der Waals surface area contributed by atoms with E-state index in [1.807, 2.05) is 45.9 Å². The van der Waals surface area contributed by atoms with Crippen molar-refractivity contribution in [2.75, 3.05) is 60.8 Å². The molecular formula is C29H31F2N7O3. The smallest absolute Gasteiger partial charge is 0.244 e. The van der Waals surface area contributed by atoms with Crippen molar-refractivity contribution in [1.29, 1.82) is 0 Å². The highest BCUT2D eigenvalue weighted by Crippen LogP contribution is 2.41. The summed E-state index contributed by atoms with van der Waals surface area (Å²) in [6, 6.07) is 11.6. The molecule has 2 aromatic heterocycles. The molecule has 10 nitrogen and oxygen atoms in total. The Bertz CT molecular complexity index is 1570. The lowest BCUT2D eigenvalue weighted by atomic mass is 10.2. The lowest BCUT2D eigenvalue weighted by Crippen LogP contribution is -2.38. The molecule has 214 valence electrons. The number of nitrogens with one attached hydrogen (secondary N) is 1. The standard InChI is InChI=1S/C29H31F2N7O3/c1-40-20-6-2-18(3-7-20)16-37(17-26(39)34-28-22(32)9-8-21(30)27(28)31)23-14-25(36-10-12-41-13-11-36)35-38-24(19-4-5-19)15-33-29(23)38/h2-3,6-9,14-15,19H,4-5,10-13,16-17,32H2,1H3,(H,34,39). The average molecular weight is 564 g/mol. The molecule has 0 atom stereocenters. The van der Waals surface area contributed by atoms with Crippen LogP contribution in [0.15, 0.2) is 48.7 Å². The van der Waals surface area contributed by atoms with Gasteiger partial charge in [-0.25, -0.2) is 18.3 Å². The number of hydrogen-bond donors (Lipinski definition) is 2. The summed E-state index contributed by atoms with van der Waals surface area (Å²) < 4.78 is 41.2. The van der Waals surface area contributed by atoms with Gasteiger partial charge in [0.2, 0.25) is 5.91 Å². The SMILES string of the molecule is COc1ccc(CN(CC(=O)Nc2c(N)ccc(F)c2F)c2cc(N3CCOCC3)nn3c(C4CC4)cnc23)cc1. The zero-order chi connectivity index (χ0) is 28.5. The van der Waals surface area contributed by atoms with Gasteiger partial charge in [0.25, 0.3) is 0 Å². The van der Waals surface area contributed by atoms with Crippen LogP contribution in [0.2, 0.25) is 0 Å². The summed E-state index contributed by atoms with van der Waals surface area (Å²) in [5.41, 5.74) is 8.65. The Morgan fingerprint density at radius 3 is 2.63 bits per heavy atom. The molecule has 12 heteroatoms. The number of benzene rings is 2. The fraction of sp³-hybridized carbons (Fsp3) is 0.345. The second-order valence-electron chi connectivity index (χ2n) is 10.3. The molecule has 3 heterocycles. The highest BCUT2D eigenvalue weighted by Gasteiger charge is 2.30. The van der Waals surface area contributed by atoms with E-state index in [1.54, 1.807) is 7.11 Å². The van der Waals surface area contributed by atoms with Crippen molar-refractivity contribution in [3.63, 3.8) is 0 Å². The molecule has 6 rings (SSSR count). The van der Waals surface area contributed by atoms with Crippen molar-refractivity contribution in [3.05, 3.63) is 71.6 Å². The van der Waals surface area contributed by atoms with Gasteiger partial charge in [-0.2, -0.15) is 0 Å². The summed E-state index contributed by atoms with van der Waals surface area (Å²) in [5.74, 6) is -1.02. The van der Waals surface area contributed by atoms with E-state index in [0.29, 0.717) is 55.9 Å². The Morgan fingerprint density at radius 2 is 1.93 bits per heavy atom. The van der Waals surface area contributed by atoms with E-state index in [1.165, 1.54) is 6.07 Å². The summed E-state index contributed by atoms with van der Waals surface area (Å²) in [4.78, 5) is 22.1. The van der Waals surface area contributed by atoms with Crippen molar-refractivity contribution in [1.82, 2.24) is 14.6 Å². The monoisotopic (exact) mass is 563 g/mol. The van der Waals surface area contributed by atoms with Gasteiger partial charge in [0, 0.05) is 31.6 Å². The van der Waals surface area contributed by atoms with Crippen LogP contribution in [0.3, 0.4) is 0 Å². The molecule has 0 unspecified atom stereocenters. The Hall–Kier alpha value is -4.45.